The van der Waals surface area contributed by atoms with Crippen LogP contribution < -0.4 is 10.6 Å². The Bertz CT molecular complexity index is 435. The quantitative estimate of drug-likeness (QED) is 0.458. The van der Waals surface area contributed by atoms with E-state index in [2.05, 4.69) is 53.0 Å². The van der Waals surface area contributed by atoms with E-state index in [1.54, 1.807) is 18.4 Å². The van der Waals surface area contributed by atoms with E-state index < -0.39 is 0 Å². The minimum absolute atomic E-state index is 0.117. The molecule has 1 aromatic rings. The van der Waals surface area contributed by atoms with Crippen molar-refractivity contribution in [3.8, 4) is 0 Å². The lowest BCUT2D eigenvalue weighted by Crippen LogP contribution is -2.37. The number of nitrogens with one attached hydrogen (secondary N) is 2. The fourth-order valence-electron chi connectivity index (χ4n) is 1.69. The highest BCUT2D eigenvalue weighted by Crippen LogP contribution is 2.23. The van der Waals surface area contributed by atoms with Crippen molar-refractivity contribution in [2.75, 3.05) is 25.6 Å². The highest BCUT2D eigenvalue weighted by Gasteiger charge is 2.17. The van der Waals surface area contributed by atoms with Gasteiger partial charge in [0, 0.05) is 24.4 Å². The van der Waals surface area contributed by atoms with Crippen LogP contribution in [0.4, 0.5) is 0 Å². The van der Waals surface area contributed by atoms with Crippen molar-refractivity contribution < 1.29 is 0 Å². The largest absolute Gasteiger partial charge is 0.356 e. The summed E-state index contributed by atoms with van der Waals surface area (Å²) >= 11 is 3.60. The molecule has 0 aliphatic heterocycles. The molecule has 6 heteroatoms. The van der Waals surface area contributed by atoms with Gasteiger partial charge in [0.25, 0.3) is 0 Å². The number of nitrogens with zero attached hydrogens (tertiary/aromatic N) is 2. The normalized spacial score (nSPS) is 12.5. The molecule has 1 aromatic heterocycles. The zero-order chi connectivity index (χ0) is 15.7. The van der Waals surface area contributed by atoms with E-state index in [1.165, 1.54) is 18.6 Å². The Morgan fingerprint density at radius 3 is 2.67 bits per heavy atom. The molecule has 0 amide bonds. The van der Waals surface area contributed by atoms with E-state index in [0.29, 0.717) is 0 Å². The third-order valence-electron chi connectivity index (χ3n) is 3.02. The summed E-state index contributed by atoms with van der Waals surface area (Å²) in [6, 6.07) is 0. The summed E-state index contributed by atoms with van der Waals surface area (Å²) in [5, 5.41) is 9.92. The van der Waals surface area contributed by atoms with Gasteiger partial charge < -0.3 is 10.6 Å². The molecule has 0 aliphatic carbocycles. The van der Waals surface area contributed by atoms with E-state index in [0.717, 1.165) is 29.8 Å². The number of thioether (sulfide) groups is 1. The number of guanidine groups is 1. The molecule has 0 aliphatic rings. The number of unbranched alkanes of at least 4 members (excludes halogenated alkanes) is 1. The molecular formula is C15H28N4S2. The third kappa shape index (κ3) is 7.18. The highest BCUT2D eigenvalue weighted by atomic mass is 32.2. The van der Waals surface area contributed by atoms with Gasteiger partial charge in [-0.3, -0.25) is 4.99 Å². The highest BCUT2D eigenvalue weighted by molar-refractivity contribution is 7.98. The first-order valence-electron chi connectivity index (χ1n) is 7.35. The summed E-state index contributed by atoms with van der Waals surface area (Å²) in [7, 11) is 1.81. The van der Waals surface area contributed by atoms with Gasteiger partial charge in [0.05, 0.1) is 12.2 Å². The first-order chi connectivity index (χ1) is 9.97. The molecule has 1 rings (SSSR count). The Balaban J connectivity index is 2.33. The maximum Gasteiger partial charge on any atom is 0.191 e. The van der Waals surface area contributed by atoms with Crippen molar-refractivity contribution >= 4 is 29.1 Å². The molecule has 0 atom stereocenters. The van der Waals surface area contributed by atoms with E-state index >= 15 is 0 Å². The Morgan fingerprint density at radius 1 is 1.33 bits per heavy atom. The summed E-state index contributed by atoms with van der Waals surface area (Å²) in [6.45, 7) is 8.26. The molecule has 0 bridgehead atoms. The molecule has 0 fully saturated rings. The van der Waals surface area contributed by atoms with Gasteiger partial charge in [-0.25, -0.2) is 4.98 Å². The maximum absolute atomic E-state index is 4.68. The van der Waals surface area contributed by atoms with Crippen molar-refractivity contribution in [2.24, 2.45) is 4.99 Å². The number of hydrogen-bond donors (Lipinski definition) is 2. The molecule has 2 N–H and O–H groups in total. The van der Waals surface area contributed by atoms with E-state index in [1.807, 2.05) is 11.8 Å². The van der Waals surface area contributed by atoms with Crippen LogP contribution >= 0.6 is 23.1 Å². The lowest BCUT2D eigenvalue weighted by atomic mass is 9.93. The van der Waals surface area contributed by atoms with Crippen molar-refractivity contribution in [1.29, 1.82) is 0 Å². The van der Waals surface area contributed by atoms with Gasteiger partial charge in [-0.15, -0.1) is 11.3 Å². The molecule has 0 saturated carbocycles. The van der Waals surface area contributed by atoms with Gasteiger partial charge >= 0.3 is 0 Å². The van der Waals surface area contributed by atoms with Crippen LogP contribution in [0.2, 0.25) is 0 Å². The number of aliphatic imine (C=N–C) groups is 1. The van der Waals surface area contributed by atoms with Gasteiger partial charge in [0.1, 0.15) is 5.01 Å². The van der Waals surface area contributed by atoms with Crippen LogP contribution in [0.15, 0.2) is 10.4 Å². The topological polar surface area (TPSA) is 49.3 Å². The minimum Gasteiger partial charge on any atom is -0.356 e. The van der Waals surface area contributed by atoms with Crippen molar-refractivity contribution in [3.63, 3.8) is 0 Å². The van der Waals surface area contributed by atoms with Gasteiger partial charge in [0.15, 0.2) is 5.96 Å². The number of hydrogen-bond acceptors (Lipinski definition) is 4. The molecule has 0 unspecified atom stereocenters. The second-order valence-corrected chi connectivity index (χ2v) is 7.86. The van der Waals surface area contributed by atoms with Crippen LogP contribution in [0.5, 0.6) is 0 Å². The lowest BCUT2D eigenvalue weighted by Gasteiger charge is -2.14. The average molecular weight is 329 g/mol. The SMILES string of the molecule is CN=C(NCCCCSC)NCc1nc(C(C)(C)C)cs1. The average Bonchev–Trinajstić information content (AvgIpc) is 2.91. The van der Waals surface area contributed by atoms with E-state index in [9.17, 15) is 0 Å². The first kappa shape index (κ1) is 18.3. The Kier molecular flexibility index (Phi) is 8.11. The summed E-state index contributed by atoms with van der Waals surface area (Å²) < 4.78 is 0. The third-order valence-corrected chi connectivity index (χ3v) is 4.56. The minimum atomic E-state index is 0.117. The van der Waals surface area contributed by atoms with E-state index in [-0.39, 0.29) is 5.41 Å². The summed E-state index contributed by atoms with van der Waals surface area (Å²) in [6.07, 6.45) is 4.56. The smallest absolute Gasteiger partial charge is 0.191 e. The predicted octanol–water partition coefficient (Wildman–Crippen LogP) is 3.25. The number of aromatic nitrogens is 1. The van der Waals surface area contributed by atoms with Crippen LogP contribution in [-0.4, -0.2) is 36.5 Å². The molecule has 0 saturated heterocycles. The van der Waals surface area contributed by atoms with Gasteiger partial charge in [-0.1, -0.05) is 20.8 Å². The molecule has 0 radical (unpaired) electrons. The Morgan fingerprint density at radius 2 is 2.10 bits per heavy atom. The zero-order valence-electron chi connectivity index (χ0n) is 13.8. The summed E-state index contributed by atoms with van der Waals surface area (Å²) in [4.78, 5) is 8.92. The second-order valence-electron chi connectivity index (χ2n) is 5.93. The van der Waals surface area contributed by atoms with Gasteiger partial charge in [0.2, 0.25) is 0 Å². The van der Waals surface area contributed by atoms with Crippen LogP contribution in [0.25, 0.3) is 0 Å². The molecule has 1 heterocycles. The first-order valence-corrected chi connectivity index (χ1v) is 9.63. The zero-order valence-corrected chi connectivity index (χ0v) is 15.5. The molecule has 120 valence electrons. The predicted molar refractivity (Wildman–Crippen MR) is 96.6 cm³/mol. The summed E-state index contributed by atoms with van der Waals surface area (Å²) in [5.41, 5.74) is 1.27. The monoisotopic (exact) mass is 328 g/mol. The molecular weight excluding hydrogens is 300 g/mol. The summed E-state index contributed by atoms with van der Waals surface area (Å²) in [5.74, 6) is 2.08. The maximum atomic E-state index is 4.68. The van der Waals surface area contributed by atoms with Crippen molar-refractivity contribution in [3.05, 3.63) is 16.1 Å². The van der Waals surface area contributed by atoms with E-state index in [4.69, 9.17) is 0 Å². The van der Waals surface area contributed by atoms with Crippen molar-refractivity contribution in [1.82, 2.24) is 15.6 Å². The fourth-order valence-corrected chi connectivity index (χ4v) is 3.15. The second kappa shape index (κ2) is 9.30. The Labute approximate surface area is 137 Å². The van der Waals surface area contributed by atoms with Crippen LogP contribution in [0, 0.1) is 0 Å². The molecule has 0 aromatic carbocycles. The lowest BCUT2D eigenvalue weighted by molar-refractivity contribution is 0.570. The molecule has 4 nitrogen and oxygen atoms in total. The van der Waals surface area contributed by atoms with Crippen LogP contribution in [-0.2, 0) is 12.0 Å². The van der Waals surface area contributed by atoms with Gasteiger partial charge in [-0.05, 0) is 24.9 Å². The van der Waals surface area contributed by atoms with Crippen LogP contribution in [0.3, 0.4) is 0 Å². The standard InChI is InChI=1S/C15H28N4S2/c1-15(2,3)12-11-21-13(19-12)10-18-14(16-4)17-8-6-7-9-20-5/h11H,6-10H2,1-5H3,(H2,16,17,18). The Hall–Kier alpha value is -0.750. The molecule has 0 spiro atoms. The van der Waals surface area contributed by atoms with Gasteiger partial charge in [-0.2, -0.15) is 11.8 Å². The molecule has 21 heavy (non-hydrogen) atoms. The van der Waals surface area contributed by atoms with Crippen LogP contribution in [0.1, 0.15) is 44.3 Å². The number of thiazole rings is 1. The fraction of sp³-hybridized carbons (Fsp3) is 0.733. The van der Waals surface area contributed by atoms with Crippen molar-refractivity contribution in [2.45, 2.75) is 45.6 Å². The number of rotatable bonds is 7.